The van der Waals surface area contributed by atoms with E-state index in [1.165, 1.54) is 41.1 Å². The van der Waals surface area contributed by atoms with Gasteiger partial charge in [-0.1, -0.05) is 17.3 Å². The maximum atomic E-state index is 13.6. The smallest absolute Gasteiger partial charge is 0.263 e. The molecule has 0 aliphatic carbocycles. The normalized spacial score (nSPS) is 11.0. The third-order valence-electron chi connectivity index (χ3n) is 5.57. The summed E-state index contributed by atoms with van der Waals surface area (Å²) in [4.78, 5) is 46.1. The molecular weight excluding hydrogens is 479 g/mol. The van der Waals surface area contributed by atoms with Gasteiger partial charge in [0, 0.05) is 28.7 Å². The second kappa shape index (κ2) is 9.46. The summed E-state index contributed by atoms with van der Waals surface area (Å²) in [7, 11) is 0. The zero-order valence-electron chi connectivity index (χ0n) is 19.4. The summed E-state index contributed by atoms with van der Waals surface area (Å²) in [6.45, 7) is 1.58. The SMILES string of the molecule is Cc1ccc2c(=O)c(-c3nc(-c4cccc(F)c4)no3)cn(CC(=O)Nc3ccc(C(N)=O)cc3)c2n1. The minimum Gasteiger partial charge on any atom is -0.366 e. The third kappa shape index (κ3) is 4.82. The molecule has 0 unspecified atom stereocenters. The fraction of sp³-hybridized carbons (Fsp3) is 0.0769. The number of benzene rings is 2. The van der Waals surface area contributed by atoms with Crippen LogP contribution in [0.25, 0.3) is 33.9 Å². The van der Waals surface area contributed by atoms with Crippen molar-refractivity contribution in [3.8, 4) is 22.8 Å². The van der Waals surface area contributed by atoms with E-state index in [2.05, 4.69) is 20.4 Å². The molecule has 0 aliphatic heterocycles. The molecule has 3 heterocycles. The van der Waals surface area contributed by atoms with E-state index in [9.17, 15) is 18.8 Å². The number of aryl methyl sites for hydroxylation is 1. The molecule has 10 nitrogen and oxygen atoms in total. The number of nitrogens with one attached hydrogen (secondary N) is 1. The molecule has 3 N–H and O–H groups in total. The third-order valence-corrected chi connectivity index (χ3v) is 5.57. The van der Waals surface area contributed by atoms with Crippen LogP contribution in [0.3, 0.4) is 0 Å². The van der Waals surface area contributed by atoms with Crippen LogP contribution in [0, 0.1) is 12.7 Å². The zero-order chi connectivity index (χ0) is 26.1. The first-order valence-electron chi connectivity index (χ1n) is 11.1. The quantitative estimate of drug-likeness (QED) is 0.365. The number of halogens is 1. The Morgan fingerprint density at radius 2 is 1.86 bits per heavy atom. The highest BCUT2D eigenvalue weighted by Crippen LogP contribution is 2.23. The van der Waals surface area contributed by atoms with Crippen molar-refractivity contribution in [3.05, 3.63) is 94.2 Å². The van der Waals surface area contributed by atoms with Crippen molar-refractivity contribution in [1.82, 2.24) is 19.7 Å². The molecule has 11 heteroatoms. The molecule has 0 atom stereocenters. The Morgan fingerprint density at radius 1 is 1.08 bits per heavy atom. The number of amides is 2. The average Bonchev–Trinajstić information content (AvgIpc) is 3.36. The number of carbonyl (C=O) groups excluding carboxylic acids is 2. The van der Waals surface area contributed by atoms with Gasteiger partial charge in [0.1, 0.15) is 23.6 Å². The van der Waals surface area contributed by atoms with Gasteiger partial charge in [0.05, 0.1) is 5.39 Å². The summed E-state index contributed by atoms with van der Waals surface area (Å²) in [6.07, 6.45) is 1.43. The van der Waals surface area contributed by atoms with Gasteiger partial charge in [0.25, 0.3) is 5.89 Å². The summed E-state index contributed by atoms with van der Waals surface area (Å²) in [5, 5.41) is 6.87. The lowest BCUT2D eigenvalue weighted by atomic mass is 10.1. The van der Waals surface area contributed by atoms with Crippen LogP contribution in [0.1, 0.15) is 16.1 Å². The van der Waals surface area contributed by atoms with Crippen LogP contribution in [0.4, 0.5) is 10.1 Å². The molecule has 0 spiro atoms. The van der Waals surface area contributed by atoms with E-state index < -0.39 is 23.1 Å². The first-order valence-corrected chi connectivity index (χ1v) is 11.1. The maximum absolute atomic E-state index is 13.6. The highest BCUT2D eigenvalue weighted by Gasteiger charge is 2.19. The van der Waals surface area contributed by atoms with Gasteiger partial charge in [0.2, 0.25) is 23.1 Å². The highest BCUT2D eigenvalue weighted by atomic mass is 19.1. The number of nitrogens with zero attached hydrogens (tertiary/aromatic N) is 4. The average molecular weight is 498 g/mol. The van der Waals surface area contributed by atoms with Gasteiger partial charge >= 0.3 is 0 Å². The number of fused-ring (bicyclic) bond motifs is 1. The van der Waals surface area contributed by atoms with Crippen molar-refractivity contribution in [1.29, 1.82) is 0 Å². The number of anilines is 1. The van der Waals surface area contributed by atoms with Crippen molar-refractivity contribution in [2.24, 2.45) is 5.73 Å². The number of hydrogen-bond donors (Lipinski definition) is 2. The van der Waals surface area contributed by atoms with Gasteiger partial charge in [-0.25, -0.2) is 9.37 Å². The Labute approximate surface area is 208 Å². The Morgan fingerprint density at radius 3 is 2.59 bits per heavy atom. The van der Waals surface area contributed by atoms with Gasteiger partial charge < -0.3 is 20.1 Å². The molecule has 184 valence electrons. The molecule has 0 saturated heterocycles. The molecule has 37 heavy (non-hydrogen) atoms. The van der Waals surface area contributed by atoms with Crippen LogP contribution in [0.5, 0.6) is 0 Å². The van der Waals surface area contributed by atoms with Crippen LogP contribution >= 0.6 is 0 Å². The second-order valence-corrected chi connectivity index (χ2v) is 8.25. The van der Waals surface area contributed by atoms with E-state index in [1.807, 2.05) is 0 Å². The Bertz CT molecular complexity index is 1730. The summed E-state index contributed by atoms with van der Waals surface area (Å²) in [5.41, 5.74) is 7.02. The van der Waals surface area contributed by atoms with Crippen LogP contribution in [-0.4, -0.2) is 31.5 Å². The van der Waals surface area contributed by atoms with Crippen molar-refractivity contribution >= 4 is 28.5 Å². The van der Waals surface area contributed by atoms with Gasteiger partial charge in [0.15, 0.2) is 0 Å². The number of pyridine rings is 2. The molecule has 0 aliphatic rings. The minimum absolute atomic E-state index is 0.0620. The Hall–Kier alpha value is -5.19. The lowest BCUT2D eigenvalue weighted by Crippen LogP contribution is -2.22. The predicted octanol–water partition coefficient (Wildman–Crippen LogP) is 3.30. The Kier molecular flexibility index (Phi) is 6.02. The molecule has 2 aromatic carbocycles. The molecule has 3 aromatic heterocycles. The van der Waals surface area contributed by atoms with Crippen LogP contribution in [0.15, 0.2) is 76.2 Å². The summed E-state index contributed by atoms with van der Waals surface area (Å²) < 4.78 is 20.5. The van der Waals surface area contributed by atoms with E-state index in [-0.39, 0.29) is 29.2 Å². The molecule has 5 rings (SSSR count). The van der Waals surface area contributed by atoms with E-state index in [1.54, 1.807) is 37.3 Å². The fourth-order valence-corrected chi connectivity index (χ4v) is 3.78. The van der Waals surface area contributed by atoms with Gasteiger partial charge in [-0.05, 0) is 55.5 Å². The molecule has 0 fully saturated rings. The number of aromatic nitrogens is 4. The highest BCUT2D eigenvalue weighted by molar-refractivity contribution is 5.95. The lowest BCUT2D eigenvalue weighted by Gasteiger charge is -2.12. The summed E-state index contributed by atoms with van der Waals surface area (Å²) >= 11 is 0. The molecule has 2 amide bonds. The maximum Gasteiger partial charge on any atom is 0.263 e. The minimum atomic E-state index is -0.576. The first-order chi connectivity index (χ1) is 17.8. The molecule has 0 bridgehead atoms. The van der Waals surface area contributed by atoms with Crippen molar-refractivity contribution in [3.63, 3.8) is 0 Å². The van der Waals surface area contributed by atoms with Gasteiger partial charge in [-0.3, -0.25) is 14.4 Å². The number of rotatable bonds is 6. The predicted molar refractivity (Wildman–Crippen MR) is 133 cm³/mol. The van der Waals surface area contributed by atoms with E-state index in [0.29, 0.717) is 28.2 Å². The van der Waals surface area contributed by atoms with Crippen molar-refractivity contribution in [2.75, 3.05) is 5.32 Å². The number of hydrogen-bond acceptors (Lipinski definition) is 7. The first kappa shape index (κ1) is 23.5. The topological polar surface area (TPSA) is 146 Å². The zero-order valence-corrected chi connectivity index (χ0v) is 19.4. The number of nitrogens with two attached hydrogens (primary N) is 1. The van der Waals surface area contributed by atoms with Crippen LogP contribution < -0.4 is 16.5 Å². The summed E-state index contributed by atoms with van der Waals surface area (Å²) in [5.74, 6) is -1.42. The standard InChI is InChI=1S/C26H19FN6O4/c1-14-5-10-19-22(35)20(26-31-24(32-37-26)16-3-2-4-17(27)11-16)12-33(25(19)29-14)13-21(34)30-18-8-6-15(7-9-18)23(28)36/h2-12H,13H2,1H3,(H2,28,36)(H,30,34). The fourth-order valence-electron chi connectivity index (χ4n) is 3.78. The number of primary amides is 1. The summed E-state index contributed by atoms with van der Waals surface area (Å²) in [6, 6.07) is 15.1. The molecule has 5 aromatic rings. The van der Waals surface area contributed by atoms with Gasteiger partial charge in [-0.2, -0.15) is 4.98 Å². The van der Waals surface area contributed by atoms with E-state index >= 15 is 0 Å². The van der Waals surface area contributed by atoms with Crippen LogP contribution in [-0.2, 0) is 11.3 Å². The van der Waals surface area contributed by atoms with Gasteiger partial charge in [-0.15, -0.1) is 0 Å². The molecule has 0 saturated carbocycles. The largest absolute Gasteiger partial charge is 0.366 e. The Balaban J connectivity index is 1.51. The van der Waals surface area contributed by atoms with E-state index in [4.69, 9.17) is 10.3 Å². The molecular formula is C26H19FN6O4. The molecule has 0 radical (unpaired) electrons. The van der Waals surface area contributed by atoms with Crippen LogP contribution in [0.2, 0.25) is 0 Å². The van der Waals surface area contributed by atoms with Crippen molar-refractivity contribution < 1.29 is 18.5 Å². The number of carbonyl (C=O) groups is 2. The monoisotopic (exact) mass is 498 g/mol. The van der Waals surface area contributed by atoms with Crippen molar-refractivity contribution in [2.45, 2.75) is 13.5 Å². The van der Waals surface area contributed by atoms with E-state index in [0.717, 1.165) is 0 Å². The lowest BCUT2D eigenvalue weighted by molar-refractivity contribution is -0.116. The second-order valence-electron chi connectivity index (χ2n) is 8.25.